The lowest BCUT2D eigenvalue weighted by atomic mass is 10.2. The van der Waals surface area contributed by atoms with E-state index < -0.39 is 0 Å². The molecule has 1 amide bonds. The Hall–Kier alpha value is -1.46. The number of fused-ring (bicyclic) bond motifs is 1. The normalized spacial score (nSPS) is 11.0. The van der Waals surface area contributed by atoms with Gasteiger partial charge in [0.2, 0.25) is 0 Å². The zero-order chi connectivity index (χ0) is 12.3. The van der Waals surface area contributed by atoms with Crippen LogP contribution in [0.15, 0.2) is 23.7 Å². The predicted molar refractivity (Wildman–Crippen MR) is 70.5 cm³/mol. The van der Waals surface area contributed by atoms with Gasteiger partial charge in [-0.05, 0) is 32.3 Å². The number of amides is 1. The standard InChI is InChI=1S/C12H15N3OS/c1-15(2)6-5-13-12(16)9-3-4-10-11(7-9)17-8-14-10/h3-4,7-8H,5-6H2,1-2H3,(H,13,16). The Kier molecular flexibility index (Phi) is 3.71. The second-order valence-corrected chi connectivity index (χ2v) is 4.98. The second-order valence-electron chi connectivity index (χ2n) is 4.09. The predicted octanol–water partition coefficient (Wildman–Crippen LogP) is 1.59. The Morgan fingerprint density at radius 3 is 3.06 bits per heavy atom. The van der Waals surface area contributed by atoms with Crippen LogP contribution in [0.5, 0.6) is 0 Å². The number of rotatable bonds is 4. The minimum Gasteiger partial charge on any atom is -0.351 e. The van der Waals surface area contributed by atoms with Crippen molar-refractivity contribution in [1.82, 2.24) is 15.2 Å². The van der Waals surface area contributed by atoms with E-state index in [1.807, 2.05) is 37.2 Å². The first-order valence-corrected chi connectivity index (χ1v) is 6.31. The Morgan fingerprint density at radius 1 is 1.47 bits per heavy atom. The molecule has 0 fully saturated rings. The third-order valence-electron chi connectivity index (χ3n) is 2.44. The fraction of sp³-hybridized carbons (Fsp3) is 0.333. The lowest BCUT2D eigenvalue weighted by Crippen LogP contribution is -2.31. The Bertz CT molecular complexity index is 521. The van der Waals surface area contributed by atoms with Crippen molar-refractivity contribution in [2.24, 2.45) is 0 Å². The number of aromatic nitrogens is 1. The maximum absolute atomic E-state index is 11.8. The number of thiazole rings is 1. The molecule has 0 atom stereocenters. The smallest absolute Gasteiger partial charge is 0.251 e. The van der Waals surface area contributed by atoms with Crippen molar-refractivity contribution < 1.29 is 4.79 Å². The van der Waals surface area contributed by atoms with Gasteiger partial charge in [0.1, 0.15) is 0 Å². The summed E-state index contributed by atoms with van der Waals surface area (Å²) in [7, 11) is 3.96. The topological polar surface area (TPSA) is 45.2 Å². The summed E-state index contributed by atoms with van der Waals surface area (Å²) in [5.41, 5.74) is 3.43. The van der Waals surface area contributed by atoms with Crippen molar-refractivity contribution in [2.75, 3.05) is 27.2 Å². The molecule has 0 saturated carbocycles. The highest BCUT2D eigenvalue weighted by molar-refractivity contribution is 7.16. The van der Waals surface area contributed by atoms with Crippen LogP contribution in [0, 0.1) is 0 Å². The van der Waals surface area contributed by atoms with Gasteiger partial charge >= 0.3 is 0 Å². The molecule has 0 radical (unpaired) electrons. The van der Waals surface area contributed by atoms with E-state index in [1.54, 1.807) is 16.8 Å². The fourth-order valence-electron chi connectivity index (χ4n) is 1.49. The van der Waals surface area contributed by atoms with Gasteiger partial charge in [0.05, 0.1) is 15.7 Å². The highest BCUT2D eigenvalue weighted by atomic mass is 32.1. The average Bonchev–Trinajstić information content (AvgIpc) is 2.75. The van der Waals surface area contributed by atoms with Crippen molar-refractivity contribution in [1.29, 1.82) is 0 Å². The van der Waals surface area contributed by atoms with Crippen LogP contribution >= 0.6 is 11.3 Å². The monoisotopic (exact) mass is 249 g/mol. The molecule has 0 saturated heterocycles. The number of hydrogen-bond acceptors (Lipinski definition) is 4. The number of benzene rings is 1. The fourth-order valence-corrected chi connectivity index (χ4v) is 2.21. The molecule has 2 aromatic rings. The summed E-state index contributed by atoms with van der Waals surface area (Å²) in [4.78, 5) is 18.1. The summed E-state index contributed by atoms with van der Waals surface area (Å²) in [6, 6.07) is 5.58. The molecule has 0 spiro atoms. The molecule has 5 heteroatoms. The molecular weight excluding hydrogens is 234 g/mol. The van der Waals surface area contributed by atoms with Gasteiger partial charge in [-0.1, -0.05) is 0 Å². The van der Waals surface area contributed by atoms with Crippen molar-refractivity contribution in [3.05, 3.63) is 29.3 Å². The maximum Gasteiger partial charge on any atom is 0.251 e. The van der Waals surface area contributed by atoms with E-state index in [1.165, 1.54) is 0 Å². The summed E-state index contributed by atoms with van der Waals surface area (Å²) >= 11 is 1.55. The molecule has 1 N–H and O–H groups in total. The van der Waals surface area contributed by atoms with Gasteiger partial charge in [-0.15, -0.1) is 11.3 Å². The van der Waals surface area contributed by atoms with Crippen LogP contribution in [0.2, 0.25) is 0 Å². The Morgan fingerprint density at radius 2 is 2.29 bits per heavy atom. The van der Waals surface area contributed by atoms with E-state index in [0.717, 1.165) is 16.8 Å². The molecule has 0 aliphatic carbocycles. The van der Waals surface area contributed by atoms with Gasteiger partial charge in [0.25, 0.3) is 5.91 Å². The summed E-state index contributed by atoms with van der Waals surface area (Å²) in [6.45, 7) is 1.50. The molecule has 1 aromatic carbocycles. The van der Waals surface area contributed by atoms with E-state index in [9.17, 15) is 4.79 Å². The third kappa shape index (κ3) is 3.01. The Balaban J connectivity index is 2.03. The molecule has 17 heavy (non-hydrogen) atoms. The average molecular weight is 249 g/mol. The molecule has 0 unspecified atom stereocenters. The third-order valence-corrected chi connectivity index (χ3v) is 3.23. The summed E-state index contributed by atoms with van der Waals surface area (Å²) < 4.78 is 1.05. The van der Waals surface area contributed by atoms with Gasteiger partial charge in [-0.25, -0.2) is 4.98 Å². The zero-order valence-electron chi connectivity index (χ0n) is 9.93. The first-order valence-electron chi connectivity index (χ1n) is 5.43. The number of nitrogens with zero attached hydrogens (tertiary/aromatic N) is 2. The van der Waals surface area contributed by atoms with Crippen LogP contribution in [0.25, 0.3) is 10.2 Å². The quantitative estimate of drug-likeness (QED) is 0.895. The summed E-state index contributed by atoms with van der Waals surface area (Å²) in [5, 5.41) is 2.89. The number of likely N-dealkylation sites (N-methyl/N-ethyl adjacent to an activating group) is 1. The van der Waals surface area contributed by atoms with E-state index in [4.69, 9.17) is 0 Å². The van der Waals surface area contributed by atoms with E-state index in [-0.39, 0.29) is 5.91 Å². The highest BCUT2D eigenvalue weighted by Crippen LogP contribution is 2.18. The van der Waals surface area contributed by atoms with E-state index >= 15 is 0 Å². The lowest BCUT2D eigenvalue weighted by Gasteiger charge is -2.10. The molecule has 2 rings (SSSR count). The molecule has 0 aliphatic heterocycles. The van der Waals surface area contributed by atoms with Crippen LogP contribution < -0.4 is 5.32 Å². The first kappa shape index (κ1) is 12.0. The van der Waals surface area contributed by atoms with Crippen LogP contribution in [-0.2, 0) is 0 Å². The largest absolute Gasteiger partial charge is 0.351 e. The highest BCUT2D eigenvalue weighted by Gasteiger charge is 2.06. The van der Waals surface area contributed by atoms with Gasteiger partial charge < -0.3 is 10.2 Å². The van der Waals surface area contributed by atoms with Gasteiger partial charge in [0, 0.05) is 18.7 Å². The summed E-state index contributed by atoms with van der Waals surface area (Å²) in [5.74, 6) is -0.0258. The molecule has 0 bridgehead atoms. The minimum atomic E-state index is -0.0258. The molecule has 1 aromatic heterocycles. The number of nitrogens with one attached hydrogen (secondary N) is 1. The number of carbonyl (C=O) groups excluding carboxylic acids is 1. The number of hydrogen-bond donors (Lipinski definition) is 1. The van der Waals surface area contributed by atoms with Crippen molar-refractivity contribution >= 4 is 27.5 Å². The zero-order valence-corrected chi connectivity index (χ0v) is 10.8. The molecular formula is C12H15N3OS. The van der Waals surface area contributed by atoms with Crippen LogP contribution in [-0.4, -0.2) is 43.0 Å². The Labute approximate surface area is 104 Å². The molecule has 1 heterocycles. The van der Waals surface area contributed by atoms with Gasteiger partial charge in [0.15, 0.2) is 0 Å². The van der Waals surface area contributed by atoms with Crippen molar-refractivity contribution in [3.63, 3.8) is 0 Å². The summed E-state index contributed by atoms with van der Waals surface area (Å²) in [6.07, 6.45) is 0. The first-order chi connectivity index (χ1) is 8.16. The van der Waals surface area contributed by atoms with Crippen molar-refractivity contribution in [2.45, 2.75) is 0 Å². The lowest BCUT2D eigenvalue weighted by molar-refractivity contribution is 0.0951. The number of carbonyl (C=O) groups is 1. The van der Waals surface area contributed by atoms with Gasteiger partial charge in [-0.2, -0.15) is 0 Å². The molecule has 90 valence electrons. The minimum absolute atomic E-state index is 0.0258. The SMILES string of the molecule is CN(C)CCNC(=O)c1ccc2ncsc2c1. The second kappa shape index (κ2) is 5.25. The molecule has 4 nitrogen and oxygen atoms in total. The van der Waals surface area contributed by atoms with Crippen LogP contribution in [0.4, 0.5) is 0 Å². The van der Waals surface area contributed by atoms with Crippen molar-refractivity contribution in [3.8, 4) is 0 Å². The maximum atomic E-state index is 11.8. The molecule has 0 aliphatic rings. The van der Waals surface area contributed by atoms with Gasteiger partial charge in [-0.3, -0.25) is 4.79 Å². The van der Waals surface area contributed by atoms with Crippen LogP contribution in [0.3, 0.4) is 0 Å². The van der Waals surface area contributed by atoms with E-state index in [0.29, 0.717) is 12.1 Å². The van der Waals surface area contributed by atoms with E-state index in [2.05, 4.69) is 10.3 Å². The van der Waals surface area contributed by atoms with Crippen LogP contribution in [0.1, 0.15) is 10.4 Å².